The molecule has 0 radical (unpaired) electrons. The number of hydrogen-bond donors (Lipinski definition) is 2. The maximum atomic E-state index is 12.1. The molecular formula is C19H26N4O2S. The Bertz CT molecular complexity index is 727. The minimum absolute atomic E-state index is 0.0160. The first kappa shape index (κ1) is 20.1. The zero-order valence-electron chi connectivity index (χ0n) is 15.5. The molecule has 2 amide bonds. The molecule has 140 valence electrons. The number of benzene rings is 1. The molecule has 0 saturated carbocycles. The van der Waals surface area contributed by atoms with E-state index in [1.807, 2.05) is 55.4 Å². The second kappa shape index (κ2) is 10.0. The third kappa shape index (κ3) is 6.93. The summed E-state index contributed by atoms with van der Waals surface area (Å²) >= 11 is 1.47. The van der Waals surface area contributed by atoms with Crippen LogP contribution >= 0.6 is 11.3 Å². The Balaban J connectivity index is 1.80. The largest absolute Gasteiger partial charge is 0.355 e. The topological polar surface area (TPSA) is 74.3 Å². The van der Waals surface area contributed by atoms with Crippen LogP contribution in [0.3, 0.4) is 0 Å². The Kier molecular flexibility index (Phi) is 7.74. The summed E-state index contributed by atoms with van der Waals surface area (Å²) in [4.78, 5) is 30.3. The second-order valence-electron chi connectivity index (χ2n) is 6.35. The van der Waals surface area contributed by atoms with Crippen LogP contribution in [0.2, 0.25) is 0 Å². The molecule has 6 nitrogen and oxygen atoms in total. The van der Waals surface area contributed by atoms with Gasteiger partial charge < -0.3 is 10.6 Å². The van der Waals surface area contributed by atoms with Gasteiger partial charge in [0.1, 0.15) is 5.01 Å². The highest BCUT2D eigenvalue weighted by molar-refractivity contribution is 7.09. The first-order valence-electron chi connectivity index (χ1n) is 8.71. The molecule has 2 aromatic rings. The van der Waals surface area contributed by atoms with Crippen LogP contribution in [0.25, 0.3) is 0 Å². The van der Waals surface area contributed by atoms with Crippen LogP contribution in [0.5, 0.6) is 0 Å². The summed E-state index contributed by atoms with van der Waals surface area (Å²) in [5.41, 5.74) is 2.81. The summed E-state index contributed by atoms with van der Waals surface area (Å²) in [5.74, 6) is -0.0654. The van der Waals surface area contributed by atoms with Crippen molar-refractivity contribution in [3.05, 3.63) is 45.9 Å². The number of nitrogens with one attached hydrogen (secondary N) is 2. The van der Waals surface area contributed by atoms with E-state index in [-0.39, 0.29) is 18.2 Å². The van der Waals surface area contributed by atoms with E-state index in [1.54, 1.807) is 0 Å². The van der Waals surface area contributed by atoms with E-state index in [4.69, 9.17) is 0 Å². The lowest BCUT2D eigenvalue weighted by Crippen LogP contribution is -2.35. The number of aryl methyl sites for hydroxylation is 1. The number of likely N-dealkylation sites (N-methyl/N-ethyl adjacent to an activating group) is 1. The van der Waals surface area contributed by atoms with E-state index in [0.29, 0.717) is 19.6 Å². The third-order valence-corrected chi connectivity index (χ3v) is 4.56. The van der Waals surface area contributed by atoms with Gasteiger partial charge in [0.05, 0.1) is 18.7 Å². The smallest absolute Gasteiger partial charge is 0.234 e. The highest BCUT2D eigenvalue weighted by Crippen LogP contribution is 2.14. The van der Waals surface area contributed by atoms with Crippen LogP contribution in [0.1, 0.15) is 29.6 Å². The number of aromatic nitrogens is 1. The van der Waals surface area contributed by atoms with Crippen molar-refractivity contribution >= 4 is 28.8 Å². The van der Waals surface area contributed by atoms with E-state index in [2.05, 4.69) is 15.6 Å². The van der Waals surface area contributed by atoms with Crippen LogP contribution in [0.15, 0.2) is 29.6 Å². The monoisotopic (exact) mass is 374 g/mol. The van der Waals surface area contributed by atoms with E-state index >= 15 is 0 Å². The van der Waals surface area contributed by atoms with E-state index in [1.165, 1.54) is 11.3 Å². The fraction of sp³-hybridized carbons (Fsp3) is 0.421. The van der Waals surface area contributed by atoms with Crippen molar-refractivity contribution in [3.63, 3.8) is 0 Å². The number of thiazole rings is 1. The highest BCUT2D eigenvalue weighted by Gasteiger charge is 2.11. The Hall–Kier alpha value is -2.25. The lowest BCUT2D eigenvalue weighted by Gasteiger charge is -2.14. The minimum Gasteiger partial charge on any atom is -0.355 e. The van der Waals surface area contributed by atoms with Gasteiger partial charge in [0.2, 0.25) is 11.8 Å². The number of amides is 2. The molecule has 2 rings (SSSR count). The van der Waals surface area contributed by atoms with Gasteiger partial charge in [-0.25, -0.2) is 4.98 Å². The summed E-state index contributed by atoms with van der Waals surface area (Å²) in [6, 6.07) is 7.70. The highest BCUT2D eigenvalue weighted by atomic mass is 32.1. The normalized spacial score (nSPS) is 10.8. The number of carbonyl (C=O) groups is 2. The van der Waals surface area contributed by atoms with Crippen molar-refractivity contribution < 1.29 is 9.59 Å². The van der Waals surface area contributed by atoms with Gasteiger partial charge in [-0.3, -0.25) is 14.5 Å². The molecule has 2 N–H and O–H groups in total. The third-order valence-electron chi connectivity index (χ3n) is 3.66. The molecule has 0 bridgehead atoms. The number of hydrogen-bond acceptors (Lipinski definition) is 5. The summed E-state index contributed by atoms with van der Waals surface area (Å²) in [6.07, 6.45) is 1.18. The van der Waals surface area contributed by atoms with E-state index < -0.39 is 0 Å². The predicted octanol–water partition coefficient (Wildman–Crippen LogP) is 2.59. The second-order valence-corrected chi connectivity index (χ2v) is 7.29. The fourth-order valence-corrected chi connectivity index (χ4v) is 3.16. The van der Waals surface area contributed by atoms with E-state index in [9.17, 15) is 9.59 Å². The lowest BCUT2D eigenvalue weighted by atomic mass is 10.2. The molecule has 1 heterocycles. The van der Waals surface area contributed by atoms with Crippen LogP contribution in [-0.4, -0.2) is 41.8 Å². The molecule has 0 spiro atoms. The van der Waals surface area contributed by atoms with Gasteiger partial charge in [-0.2, -0.15) is 0 Å². The SMILES string of the molecule is CCCNC(=O)CN(C)Cc1csc(CC(=O)Nc2ccc(C)cc2)n1. The van der Waals surface area contributed by atoms with Crippen LogP contribution in [0.4, 0.5) is 5.69 Å². The van der Waals surface area contributed by atoms with Gasteiger partial charge in [-0.05, 0) is 32.5 Å². The maximum Gasteiger partial charge on any atom is 0.234 e. The quantitative estimate of drug-likeness (QED) is 0.707. The minimum atomic E-state index is -0.0814. The Labute approximate surface area is 158 Å². The van der Waals surface area contributed by atoms with Gasteiger partial charge in [0, 0.05) is 24.2 Å². The molecule has 1 aromatic heterocycles. The Morgan fingerprint density at radius 2 is 1.92 bits per heavy atom. The number of anilines is 1. The van der Waals surface area contributed by atoms with Crippen molar-refractivity contribution in [2.75, 3.05) is 25.5 Å². The number of carbonyl (C=O) groups excluding carboxylic acids is 2. The lowest BCUT2D eigenvalue weighted by molar-refractivity contribution is -0.122. The summed E-state index contributed by atoms with van der Waals surface area (Å²) < 4.78 is 0. The number of rotatable bonds is 9. The molecule has 0 atom stereocenters. The predicted molar refractivity (Wildman–Crippen MR) is 105 cm³/mol. The first-order chi connectivity index (χ1) is 12.5. The zero-order chi connectivity index (χ0) is 18.9. The molecular weight excluding hydrogens is 348 g/mol. The average molecular weight is 375 g/mol. The van der Waals surface area contributed by atoms with Gasteiger partial charge in [-0.1, -0.05) is 24.6 Å². The summed E-state index contributed by atoms with van der Waals surface area (Å²) in [6.45, 7) is 5.64. The van der Waals surface area contributed by atoms with Crippen molar-refractivity contribution in [3.8, 4) is 0 Å². The standard InChI is InChI=1S/C19H26N4O2S/c1-4-9-20-18(25)12-23(3)11-16-13-26-19(22-16)10-17(24)21-15-7-5-14(2)6-8-15/h5-8,13H,4,9-12H2,1-3H3,(H,20,25)(H,21,24). The summed E-state index contributed by atoms with van der Waals surface area (Å²) in [5, 5.41) is 8.44. The van der Waals surface area contributed by atoms with Gasteiger partial charge >= 0.3 is 0 Å². The van der Waals surface area contributed by atoms with Crippen molar-refractivity contribution in [1.29, 1.82) is 0 Å². The maximum absolute atomic E-state index is 12.1. The van der Waals surface area contributed by atoms with Crippen molar-refractivity contribution in [1.82, 2.24) is 15.2 Å². The molecule has 0 aliphatic rings. The molecule has 1 aromatic carbocycles. The number of nitrogens with zero attached hydrogens (tertiary/aromatic N) is 2. The van der Waals surface area contributed by atoms with Crippen molar-refractivity contribution in [2.45, 2.75) is 33.2 Å². The molecule has 0 unspecified atom stereocenters. The first-order valence-corrected chi connectivity index (χ1v) is 9.59. The molecule has 0 saturated heterocycles. The summed E-state index contributed by atoms with van der Waals surface area (Å²) in [7, 11) is 1.88. The van der Waals surface area contributed by atoms with Crippen LogP contribution in [0, 0.1) is 6.92 Å². The molecule has 7 heteroatoms. The van der Waals surface area contributed by atoms with Crippen LogP contribution < -0.4 is 10.6 Å². The molecule has 0 aliphatic carbocycles. The molecule has 26 heavy (non-hydrogen) atoms. The van der Waals surface area contributed by atoms with Crippen LogP contribution in [-0.2, 0) is 22.6 Å². The van der Waals surface area contributed by atoms with Gasteiger partial charge in [0.25, 0.3) is 0 Å². The Morgan fingerprint density at radius 1 is 1.19 bits per heavy atom. The Morgan fingerprint density at radius 3 is 2.62 bits per heavy atom. The average Bonchev–Trinajstić information content (AvgIpc) is 3.01. The molecule has 0 fully saturated rings. The fourth-order valence-electron chi connectivity index (χ4n) is 2.38. The molecule has 0 aliphatic heterocycles. The van der Waals surface area contributed by atoms with E-state index in [0.717, 1.165) is 28.4 Å². The zero-order valence-corrected chi connectivity index (χ0v) is 16.4. The van der Waals surface area contributed by atoms with Crippen molar-refractivity contribution in [2.24, 2.45) is 0 Å². The van der Waals surface area contributed by atoms with Gasteiger partial charge in [-0.15, -0.1) is 11.3 Å². The van der Waals surface area contributed by atoms with Gasteiger partial charge in [0.15, 0.2) is 0 Å².